The molecule has 4 unspecified atom stereocenters. The Kier molecular flexibility index (Phi) is 27.4. The SMILES string of the molecule is CCCCCCC(CCC)CCC(=O)NC(C)(C)CCOC(C)(CC)CCC(=O)NC(CCC(=O)C(C)CCCCCC)C(=O)NC(C)(C)CCOC(C)(C)C. The number of unbranched alkanes of at least 4 members (excludes halogenated alkanes) is 6. The number of nitrogens with one attached hydrogen (secondary N) is 3. The molecule has 0 aliphatic heterocycles. The number of hydrogen-bond acceptors (Lipinski definition) is 6. The Morgan fingerprint density at radius 3 is 1.68 bits per heavy atom. The Morgan fingerprint density at radius 1 is 0.554 bits per heavy atom. The van der Waals surface area contributed by atoms with E-state index in [9.17, 15) is 19.2 Å². The zero-order chi connectivity index (χ0) is 42.8. The Balaban J connectivity index is 5.30. The molecule has 9 nitrogen and oxygen atoms in total. The number of hydrogen-bond donors (Lipinski definition) is 3. The first-order valence-electron chi connectivity index (χ1n) is 22.8. The van der Waals surface area contributed by atoms with Gasteiger partial charge in [0.05, 0.1) is 11.2 Å². The zero-order valence-corrected chi connectivity index (χ0v) is 38.9. The molecule has 4 atom stereocenters. The van der Waals surface area contributed by atoms with E-state index < -0.39 is 22.7 Å². The van der Waals surface area contributed by atoms with Crippen molar-refractivity contribution in [3.63, 3.8) is 0 Å². The van der Waals surface area contributed by atoms with Crippen molar-refractivity contribution in [3.8, 4) is 0 Å². The molecule has 0 bridgehead atoms. The lowest BCUT2D eigenvalue weighted by Crippen LogP contribution is -2.54. The number of ketones is 1. The summed E-state index contributed by atoms with van der Waals surface area (Å²) in [6.45, 7) is 27.6. The van der Waals surface area contributed by atoms with Gasteiger partial charge in [0.15, 0.2) is 0 Å². The fourth-order valence-electron chi connectivity index (χ4n) is 7.02. The highest BCUT2D eigenvalue weighted by molar-refractivity contribution is 5.89. The highest BCUT2D eigenvalue weighted by atomic mass is 16.5. The number of Topliss-reactive ketones (excluding diaryl/α,β-unsaturated/α-hetero) is 1. The number of ether oxygens (including phenoxy) is 2. The third kappa shape index (κ3) is 27.6. The van der Waals surface area contributed by atoms with Crippen molar-refractivity contribution in [2.24, 2.45) is 11.8 Å². The fraction of sp³-hybridized carbons (Fsp3) is 0.915. The van der Waals surface area contributed by atoms with Gasteiger partial charge < -0.3 is 25.4 Å². The monoisotopic (exact) mass is 794 g/mol. The van der Waals surface area contributed by atoms with Gasteiger partial charge >= 0.3 is 0 Å². The Labute approximate surface area is 345 Å². The molecule has 0 aliphatic rings. The van der Waals surface area contributed by atoms with E-state index in [2.05, 4.69) is 43.6 Å². The van der Waals surface area contributed by atoms with Crippen LogP contribution in [0.3, 0.4) is 0 Å². The lowest BCUT2D eigenvalue weighted by molar-refractivity contribution is -0.132. The van der Waals surface area contributed by atoms with Crippen LogP contribution in [0, 0.1) is 11.8 Å². The van der Waals surface area contributed by atoms with Crippen LogP contribution in [0.1, 0.15) is 225 Å². The van der Waals surface area contributed by atoms with Crippen molar-refractivity contribution in [2.45, 2.75) is 253 Å². The minimum absolute atomic E-state index is 0.0683. The number of rotatable bonds is 34. The predicted molar refractivity (Wildman–Crippen MR) is 234 cm³/mol. The molecule has 0 saturated heterocycles. The van der Waals surface area contributed by atoms with Gasteiger partial charge in [-0.15, -0.1) is 0 Å². The Bertz CT molecular complexity index is 1100. The standard InChI is InChI=1S/C47H91N3O6/c1-14-18-20-22-25-37(5)40(51)29-28-39(43(54)50-46(11,12)33-35-55-44(6,7)8)48-41(52)31-32-47(13,17-4)56-36-34-45(9,10)49-42(53)30-27-38(24-16-3)26-23-21-19-15-2/h37-39H,14-36H2,1-13H3,(H,48,52)(H,49,53)(H,50,54). The third-order valence-electron chi connectivity index (χ3n) is 11.3. The first-order valence-corrected chi connectivity index (χ1v) is 22.8. The van der Waals surface area contributed by atoms with Crippen molar-refractivity contribution in [1.29, 1.82) is 0 Å². The molecular weight excluding hydrogens is 703 g/mol. The van der Waals surface area contributed by atoms with Gasteiger partial charge in [0.1, 0.15) is 11.8 Å². The normalized spacial score (nSPS) is 15.1. The molecule has 0 aromatic heterocycles. The second-order valence-corrected chi connectivity index (χ2v) is 19.3. The van der Waals surface area contributed by atoms with E-state index in [0.29, 0.717) is 51.2 Å². The maximum atomic E-state index is 13.7. The molecule has 330 valence electrons. The highest BCUT2D eigenvalue weighted by Gasteiger charge is 2.31. The highest BCUT2D eigenvalue weighted by Crippen LogP contribution is 2.25. The minimum Gasteiger partial charge on any atom is -0.376 e. The van der Waals surface area contributed by atoms with E-state index in [1.54, 1.807) is 0 Å². The zero-order valence-electron chi connectivity index (χ0n) is 38.9. The predicted octanol–water partition coefficient (Wildman–Crippen LogP) is 10.9. The summed E-state index contributed by atoms with van der Waals surface area (Å²) in [5, 5.41) is 9.34. The van der Waals surface area contributed by atoms with E-state index in [0.717, 1.165) is 38.5 Å². The average molecular weight is 794 g/mol. The quantitative estimate of drug-likeness (QED) is 0.0558. The first kappa shape index (κ1) is 54.0. The van der Waals surface area contributed by atoms with Gasteiger partial charge in [0, 0.05) is 49.5 Å². The van der Waals surface area contributed by atoms with Crippen molar-refractivity contribution in [1.82, 2.24) is 16.0 Å². The van der Waals surface area contributed by atoms with Crippen molar-refractivity contribution >= 4 is 23.5 Å². The van der Waals surface area contributed by atoms with Gasteiger partial charge in [-0.2, -0.15) is 0 Å². The summed E-state index contributed by atoms with van der Waals surface area (Å²) in [4.78, 5) is 53.2. The van der Waals surface area contributed by atoms with Crippen LogP contribution in [0.5, 0.6) is 0 Å². The third-order valence-corrected chi connectivity index (χ3v) is 11.3. The number of carbonyl (C=O) groups excluding carboxylic acids is 4. The smallest absolute Gasteiger partial charge is 0.243 e. The largest absolute Gasteiger partial charge is 0.376 e. The Hall–Kier alpha value is -2.00. The molecule has 56 heavy (non-hydrogen) atoms. The van der Waals surface area contributed by atoms with Crippen LogP contribution in [-0.4, -0.2) is 65.0 Å². The van der Waals surface area contributed by atoms with Gasteiger partial charge in [-0.3, -0.25) is 19.2 Å². The molecule has 0 radical (unpaired) electrons. The molecule has 0 fully saturated rings. The topological polar surface area (TPSA) is 123 Å². The van der Waals surface area contributed by atoms with Gasteiger partial charge in [-0.05, 0) is 106 Å². The van der Waals surface area contributed by atoms with E-state index in [4.69, 9.17) is 9.47 Å². The van der Waals surface area contributed by atoms with Gasteiger partial charge in [-0.25, -0.2) is 0 Å². The lowest BCUT2D eigenvalue weighted by Gasteiger charge is -2.32. The molecule has 3 N–H and O–H groups in total. The summed E-state index contributed by atoms with van der Waals surface area (Å²) >= 11 is 0. The van der Waals surface area contributed by atoms with Crippen molar-refractivity contribution in [2.75, 3.05) is 13.2 Å². The van der Waals surface area contributed by atoms with E-state index in [-0.39, 0.29) is 54.3 Å². The van der Waals surface area contributed by atoms with Gasteiger partial charge in [0.25, 0.3) is 0 Å². The minimum atomic E-state index is -0.821. The molecule has 0 saturated carbocycles. The molecule has 3 amide bonds. The summed E-state index contributed by atoms with van der Waals surface area (Å²) in [7, 11) is 0. The second kappa shape index (κ2) is 28.4. The van der Waals surface area contributed by atoms with E-state index in [1.165, 1.54) is 44.9 Å². The summed E-state index contributed by atoms with van der Waals surface area (Å²) in [6.07, 6.45) is 18.6. The first-order chi connectivity index (χ1) is 26.1. The number of carbonyl (C=O) groups is 4. The summed E-state index contributed by atoms with van der Waals surface area (Å²) < 4.78 is 12.3. The van der Waals surface area contributed by atoms with Crippen LogP contribution in [0.4, 0.5) is 0 Å². The van der Waals surface area contributed by atoms with Crippen molar-refractivity contribution in [3.05, 3.63) is 0 Å². The Morgan fingerprint density at radius 2 is 1.12 bits per heavy atom. The fourth-order valence-corrected chi connectivity index (χ4v) is 7.02. The summed E-state index contributed by atoms with van der Waals surface area (Å²) in [5.41, 5.74) is -1.80. The van der Waals surface area contributed by atoms with E-state index in [1.807, 2.05) is 62.3 Å². The van der Waals surface area contributed by atoms with Gasteiger partial charge in [0.2, 0.25) is 17.7 Å². The second-order valence-electron chi connectivity index (χ2n) is 19.3. The molecule has 0 aromatic carbocycles. The van der Waals surface area contributed by atoms with Crippen molar-refractivity contribution < 1.29 is 28.7 Å². The molecule has 0 aliphatic carbocycles. The average Bonchev–Trinajstić information content (AvgIpc) is 3.10. The van der Waals surface area contributed by atoms with Crippen LogP contribution < -0.4 is 16.0 Å². The molecule has 0 rings (SSSR count). The van der Waals surface area contributed by atoms with Crippen LogP contribution in [-0.2, 0) is 28.7 Å². The molecular formula is C47H91N3O6. The lowest BCUT2D eigenvalue weighted by atomic mass is 9.91. The maximum Gasteiger partial charge on any atom is 0.243 e. The van der Waals surface area contributed by atoms with Gasteiger partial charge in [-0.1, -0.05) is 105 Å². The molecule has 0 aromatic rings. The summed E-state index contributed by atoms with van der Waals surface area (Å²) in [6, 6.07) is -0.821. The van der Waals surface area contributed by atoms with Crippen LogP contribution in [0.15, 0.2) is 0 Å². The molecule has 9 heteroatoms. The molecule has 0 heterocycles. The van der Waals surface area contributed by atoms with Crippen LogP contribution in [0.2, 0.25) is 0 Å². The van der Waals surface area contributed by atoms with E-state index >= 15 is 0 Å². The van der Waals surface area contributed by atoms with Crippen LogP contribution in [0.25, 0.3) is 0 Å². The summed E-state index contributed by atoms with van der Waals surface area (Å²) in [5.74, 6) is 0.263. The maximum absolute atomic E-state index is 13.7. The van der Waals surface area contributed by atoms with Crippen LogP contribution >= 0.6 is 0 Å². The number of amides is 3. The molecule has 0 spiro atoms.